The molecule has 23 heavy (non-hydrogen) atoms. The summed E-state index contributed by atoms with van der Waals surface area (Å²) in [5.74, 6) is 0.628. The second kappa shape index (κ2) is 8.50. The van der Waals surface area contributed by atoms with Gasteiger partial charge in [-0.3, -0.25) is 4.21 Å². The van der Waals surface area contributed by atoms with Crippen LogP contribution in [0.3, 0.4) is 0 Å². The highest BCUT2D eigenvalue weighted by Crippen LogP contribution is 2.19. The minimum atomic E-state index is -0.816. The Kier molecular flexibility index (Phi) is 6.11. The van der Waals surface area contributed by atoms with Crippen LogP contribution in [-0.2, 0) is 26.0 Å². The first-order valence-corrected chi connectivity index (χ1v) is 9.77. The summed E-state index contributed by atoms with van der Waals surface area (Å²) in [4.78, 5) is 0. The van der Waals surface area contributed by atoms with Crippen molar-refractivity contribution < 1.29 is 13.7 Å². The molecule has 3 rings (SSSR count). The van der Waals surface area contributed by atoms with Gasteiger partial charge in [-0.1, -0.05) is 12.1 Å². The fourth-order valence-electron chi connectivity index (χ4n) is 2.96. The van der Waals surface area contributed by atoms with E-state index in [1.54, 1.807) is 6.26 Å². The van der Waals surface area contributed by atoms with Gasteiger partial charge in [-0.2, -0.15) is 0 Å². The molecule has 1 fully saturated rings. The lowest BCUT2D eigenvalue weighted by atomic mass is 10.1. The fourth-order valence-corrected chi connectivity index (χ4v) is 4.42. The first kappa shape index (κ1) is 16.5. The van der Waals surface area contributed by atoms with Gasteiger partial charge in [0.15, 0.2) is 0 Å². The lowest BCUT2D eigenvalue weighted by Crippen LogP contribution is -2.25. The van der Waals surface area contributed by atoms with Crippen LogP contribution in [-0.4, -0.2) is 35.3 Å². The van der Waals surface area contributed by atoms with E-state index in [9.17, 15) is 4.21 Å². The SMILES string of the molecule is O=[S@](Cc1cccc(NC[C@@H]2CCC=CO2)c1)C1CCOCC1. The normalized spacial score (nSPS) is 23.2. The highest BCUT2D eigenvalue weighted by Gasteiger charge is 2.20. The maximum Gasteiger partial charge on any atom is 0.115 e. The molecule has 2 aliphatic rings. The van der Waals surface area contributed by atoms with Gasteiger partial charge in [0.1, 0.15) is 6.10 Å². The van der Waals surface area contributed by atoms with E-state index in [1.807, 2.05) is 6.07 Å². The Morgan fingerprint density at radius 1 is 1.22 bits per heavy atom. The Labute approximate surface area is 140 Å². The van der Waals surface area contributed by atoms with E-state index in [0.29, 0.717) is 5.75 Å². The van der Waals surface area contributed by atoms with Crippen molar-refractivity contribution in [1.82, 2.24) is 0 Å². The molecule has 1 aromatic rings. The average molecular weight is 335 g/mol. The zero-order chi connectivity index (χ0) is 15.9. The van der Waals surface area contributed by atoms with Gasteiger partial charge in [-0.25, -0.2) is 0 Å². The van der Waals surface area contributed by atoms with Crippen molar-refractivity contribution >= 4 is 16.5 Å². The van der Waals surface area contributed by atoms with Crippen LogP contribution >= 0.6 is 0 Å². The summed E-state index contributed by atoms with van der Waals surface area (Å²) in [5.41, 5.74) is 2.20. The van der Waals surface area contributed by atoms with Crippen LogP contribution in [0.4, 0.5) is 5.69 Å². The summed E-state index contributed by atoms with van der Waals surface area (Å²) in [6, 6.07) is 8.25. The van der Waals surface area contributed by atoms with Gasteiger partial charge in [-0.15, -0.1) is 0 Å². The number of ether oxygens (including phenoxy) is 2. The molecule has 0 bridgehead atoms. The van der Waals surface area contributed by atoms with Crippen LogP contribution in [0.25, 0.3) is 0 Å². The maximum atomic E-state index is 12.5. The molecule has 1 aromatic carbocycles. The molecule has 0 aromatic heterocycles. The van der Waals surface area contributed by atoms with Crippen LogP contribution in [0.1, 0.15) is 31.2 Å². The van der Waals surface area contributed by atoms with Crippen LogP contribution in [0.5, 0.6) is 0 Å². The average Bonchev–Trinajstić information content (AvgIpc) is 2.62. The molecule has 1 N–H and O–H groups in total. The number of hydrogen-bond donors (Lipinski definition) is 1. The lowest BCUT2D eigenvalue weighted by molar-refractivity contribution is 0.0992. The van der Waals surface area contributed by atoms with Crippen molar-refractivity contribution in [1.29, 1.82) is 0 Å². The molecule has 0 radical (unpaired) electrons. The van der Waals surface area contributed by atoms with Crippen molar-refractivity contribution in [3.8, 4) is 0 Å². The van der Waals surface area contributed by atoms with Crippen LogP contribution < -0.4 is 5.32 Å². The molecule has 4 nitrogen and oxygen atoms in total. The van der Waals surface area contributed by atoms with Crippen molar-refractivity contribution in [2.24, 2.45) is 0 Å². The third-order valence-electron chi connectivity index (χ3n) is 4.33. The van der Waals surface area contributed by atoms with Gasteiger partial charge in [0.25, 0.3) is 0 Å². The van der Waals surface area contributed by atoms with E-state index >= 15 is 0 Å². The monoisotopic (exact) mass is 335 g/mol. The number of hydrogen-bond acceptors (Lipinski definition) is 4. The van der Waals surface area contributed by atoms with Gasteiger partial charge < -0.3 is 14.8 Å². The zero-order valence-corrected chi connectivity index (χ0v) is 14.2. The minimum Gasteiger partial charge on any atom is -0.497 e. The summed E-state index contributed by atoms with van der Waals surface area (Å²) < 4.78 is 23.4. The van der Waals surface area contributed by atoms with E-state index in [0.717, 1.165) is 56.7 Å². The van der Waals surface area contributed by atoms with Crippen LogP contribution in [0.2, 0.25) is 0 Å². The van der Waals surface area contributed by atoms with Gasteiger partial charge in [0.05, 0.1) is 12.8 Å². The predicted octanol–water partition coefficient (Wildman–Crippen LogP) is 3.22. The molecule has 0 unspecified atom stereocenters. The van der Waals surface area contributed by atoms with Gasteiger partial charge in [0, 0.05) is 40.7 Å². The van der Waals surface area contributed by atoms with Crippen molar-refractivity contribution in [2.45, 2.75) is 42.8 Å². The quantitative estimate of drug-likeness (QED) is 0.867. The fraction of sp³-hybridized carbons (Fsp3) is 0.556. The molecule has 126 valence electrons. The molecule has 5 heteroatoms. The first-order chi connectivity index (χ1) is 11.3. The Bertz CT molecular complexity index is 555. The topological polar surface area (TPSA) is 47.6 Å². The largest absolute Gasteiger partial charge is 0.497 e. The second-order valence-electron chi connectivity index (χ2n) is 6.13. The van der Waals surface area contributed by atoms with Crippen LogP contribution in [0, 0.1) is 0 Å². The molecule has 2 aliphatic heterocycles. The first-order valence-electron chi connectivity index (χ1n) is 8.39. The lowest BCUT2D eigenvalue weighted by Gasteiger charge is -2.22. The van der Waals surface area contributed by atoms with Crippen molar-refractivity contribution in [3.63, 3.8) is 0 Å². The summed E-state index contributed by atoms with van der Waals surface area (Å²) in [5, 5.41) is 3.71. The van der Waals surface area contributed by atoms with E-state index in [2.05, 4.69) is 29.6 Å². The Hall–Kier alpha value is -1.33. The number of nitrogens with one attached hydrogen (secondary N) is 1. The van der Waals surface area contributed by atoms with E-state index in [-0.39, 0.29) is 11.4 Å². The maximum absolute atomic E-state index is 12.5. The van der Waals surface area contributed by atoms with Gasteiger partial charge >= 0.3 is 0 Å². The highest BCUT2D eigenvalue weighted by molar-refractivity contribution is 7.84. The molecule has 0 amide bonds. The molecule has 2 heterocycles. The molecule has 0 saturated carbocycles. The Morgan fingerprint density at radius 2 is 2.09 bits per heavy atom. The van der Waals surface area contributed by atoms with E-state index in [1.165, 1.54) is 0 Å². The number of anilines is 1. The third kappa shape index (κ3) is 5.08. The Balaban J connectivity index is 1.52. The standard InChI is InChI=1S/C18H25NO3S/c20-23(18-7-10-21-11-8-18)14-15-4-3-5-16(12-15)19-13-17-6-1-2-9-22-17/h2-5,9,12,17-19H,1,6-8,10-11,13-14H2/t17-,23+/m0/s1. The minimum absolute atomic E-state index is 0.236. The molecule has 1 saturated heterocycles. The zero-order valence-electron chi connectivity index (χ0n) is 13.4. The van der Waals surface area contributed by atoms with Crippen LogP contribution in [0.15, 0.2) is 36.6 Å². The highest BCUT2D eigenvalue weighted by atomic mass is 32.2. The summed E-state index contributed by atoms with van der Waals surface area (Å²) in [6.45, 7) is 2.29. The summed E-state index contributed by atoms with van der Waals surface area (Å²) >= 11 is 0. The third-order valence-corrected chi connectivity index (χ3v) is 6.17. The molecular formula is C18H25NO3S. The number of benzene rings is 1. The smallest absolute Gasteiger partial charge is 0.115 e. The summed E-state index contributed by atoms with van der Waals surface area (Å²) in [6.07, 6.45) is 8.05. The van der Waals surface area contributed by atoms with Gasteiger partial charge in [-0.05, 0) is 49.5 Å². The van der Waals surface area contributed by atoms with Gasteiger partial charge in [0.2, 0.25) is 0 Å². The summed E-state index contributed by atoms with van der Waals surface area (Å²) in [7, 11) is -0.816. The molecule has 0 aliphatic carbocycles. The van der Waals surface area contributed by atoms with Crippen molar-refractivity contribution in [3.05, 3.63) is 42.2 Å². The molecule has 2 atom stereocenters. The van der Waals surface area contributed by atoms with Crippen molar-refractivity contribution in [2.75, 3.05) is 25.1 Å². The molecular weight excluding hydrogens is 310 g/mol. The Morgan fingerprint density at radius 3 is 2.87 bits per heavy atom. The molecule has 0 spiro atoms. The number of rotatable bonds is 6. The predicted molar refractivity (Wildman–Crippen MR) is 93.9 cm³/mol. The van der Waals surface area contributed by atoms with E-state index in [4.69, 9.17) is 9.47 Å². The van der Waals surface area contributed by atoms with E-state index < -0.39 is 10.8 Å². The number of allylic oxidation sites excluding steroid dienone is 1. The second-order valence-corrected chi connectivity index (χ2v) is 7.84.